The van der Waals surface area contributed by atoms with Crippen LogP contribution in [0.2, 0.25) is 0 Å². The van der Waals surface area contributed by atoms with Gasteiger partial charge in [0, 0.05) is 12.0 Å². The lowest BCUT2D eigenvalue weighted by atomic mass is 9.91. The van der Waals surface area contributed by atoms with E-state index < -0.39 is 5.60 Å². The number of halogens is 2. The first-order valence-electron chi connectivity index (χ1n) is 5.18. The topological polar surface area (TPSA) is 33.4 Å². The minimum atomic E-state index is -1.02. The van der Waals surface area contributed by atoms with Crippen LogP contribution in [-0.2, 0) is 12.0 Å². The maximum Gasteiger partial charge on any atom is 0.137 e. The molecule has 0 aliphatic carbocycles. The second kappa shape index (κ2) is 4.63. The summed E-state index contributed by atoms with van der Waals surface area (Å²) >= 11 is 3.13. The summed E-state index contributed by atoms with van der Waals surface area (Å²) in [5, 5.41) is 10.3. The Bertz CT molecular complexity index is 506. The van der Waals surface area contributed by atoms with Gasteiger partial charge in [-0.15, -0.1) is 0 Å². The summed E-state index contributed by atoms with van der Waals surface area (Å²) in [4.78, 5) is 0. The molecule has 1 heterocycles. The average Bonchev–Trinajstić information content (AvgIpc) is 2.77. The molecule has 0 amide bonds. The van der Waals surface area contributed by atoms with Crippen molar-refractivity contribution in [2.45, 2.75) is 18.9 Å². The number of aliphatic hydroxyl groups is 1. The van der Waals surface area contributed by atoms with Crippen molar-refractivity contribution < 1.29 is 13.9 Å². The van der Waals surface area contributed by atoms with Crippen molar-refractivity contribution in [2.75, 3.05) is 0 Å². The zero-order valence-corrected chi connectivity index (χ0v) is 10.9. The van der Waals surface area contributed by atoms with Crippen molar-refractivity contribution in [1.29, 1.82) is 0 Å². The quantitative estimate of drug-likeness (QED) is 0.939. The molecular formula is C13H12BrFO2. The maximum atomic E-state index is 13.1. The number of benzene rings is 1. The fraction of sp³-hybridized carbons (Fsp3) is 0.231. The first-order chi connectivity index (χ1) is 7.99. The van der Waals surface area contributed by atoms with Crippen molar-refractivity contribution >= 4 is 15.9 Å². The fourth-order valence-electron chi connectivity index (χ4n) is 1.72. The second-order valence-corrected chi connectivity index (χ2v) is 5.07. The Balaban J connectivity index is 2.23. The Morgan fingerprint density at radius 2 is 2.18 bits per heavy atom. The van der Waals surface area contributed by atoms with E-state index in [0.29, 0.717) is 16.5 Å². The van der Waals surface area contributed by atoms with Crippen LogP contribution in [0.3, 0.4) is 0 Å². The molecule has 0 radical (unpaired) electrons. The molecule has 0 saturated carbocycles. The van der Waals surface area contributed by atoms with Crippen LogP contribution < -0.4 is 0 Å². The maximum absolute atomic E-state index is 13.1. The first kappa shape index (κ1) is 12.3. The zero-order chi connectivity index (χ0) is 12.5. The third-order valence-corrected chi connectivity index (χ3v) is 3.28. The highest BCUT2D eigenvalue weighted by Gasteiger charge is 2.24. The highest BCUT2D eigenvalue weighted by atomic mass is 79.9. The normalized spacial score (nSPS) is 14.6. The van der Waals surface area contributed by atoms with Crippen LogP contribution in [0.25, 0.3) is 0 Å². The van der Waals surface area contributed by atoms with Crippen molar-refractivity contribution in [3.63, 3.8) is 0 Å². The van der Waals surface area contributed by atoms with E-state index >= 15 is 0 Å². The third-order valence-electron chi connectivity index (χ3n) is 2.68. The van der Waals surface area contributed by atoms with Crippen molar-refractivity contribution in [1.82, 2.24) is 0 Å². The predicted octanol–water partition coefficient (Wildman–Crippen LogP) is 3.63. The highest BCUT2D eigenvalue weighted by Crippen LogP contribution is 2.27. The first-order valence-corrected chi connectivity index (χ1v) is 5.97. The van der Waals surface area contributed by atoms with Crippen LogP contribution in [0.15, 0.2) is 45.7 Å². The van der Waals surface area contributed by atoms with Gasteiger partial charge >= 0.3 is 0 Å². The zero-order valence-electron chi connectivity index (χ0n) is 9.28. The molecule has 0 aliphatic rings. The summed E-state index contributed by atoms with van der Waals surface area (Å²) in [5.74, 6) is -0.309. The van der Waals surface area contributed by atoms with E-state index in [4.69, 9.17) is 4.42 Å². The lowest BCUT2D eigenvalue weighted by molar-refractivity contribution is 0.0569. The molecule has 0 saturated heterocycles. The van der Waals surface area contributed by atoms with E-state index in [1.807, 2.05) is 0 Å². The summed E-state index contributed by atoms with van der Waals surface area (Å²) < 4.78 is 18.4. The van der Waals surface area contributed by atoms with Crippen LogP contribution in [0.5, 0.6) is 0 Å². The monoisotopic (exact) mass is 298 g/mol. The van der Waals surface area contributed by atoms with Crippen LogP contribution in [0.4, 0.5) is 4.39 Å². The van der Waals surface area contributed by atoms with Gasteiger partial charge in [0.25, 0.3) is 0 Å². The van der Waals surface area contributed by atoms with Gasteiger partial charge in [-0.2, -0.15) is 0 Å². The summed E-state index contributed by atoms with van der Waals surface area (Å²) in [7, 11) is 0. The Morgan fingerprint density at radius 1 is 1.41 bits per heavy atom. The van der Waals surface area contributed by atoms with Gasteiger partial charge in [-0.05, 0) is 46.6 Å². The van der Waals surface area contributed by atoms with Crippen LogP contribution in [0, 0.1) is 5.82 Å². The van der Waals surface area contributed by atoms with E-state index in [1.165, 1.54) is 18.6 Å². The van der Waals surface area contributed by atoms with Crippen molar-refractivity contribution in [3.05, 3.63) is 58.2 Å². The third kappa shape index (κ3) is 2.76. The summed E-state index contributed by atoms with van der Waals surface area (Å²) in [6.45, 7) is 1.70. The van der Waals surface area contributed by atoms with Gasteiger partial charge in [0.15, 0.2) is 0 Å². The predicted molar refractivity (Wildman–Crippen MR) is 66.1 cm³/mol. The molecule has 0 aliphatic heterocycles. The summed E-state index contributed by atoms with van der Waals surface area (Å²) in [6.07, 6.45) is 3.42. The Hall–Kier alpha value is -1.13. The fourth-order valence-corrected chi connectivity index (χ4v) is 2.15. The molecule has 0 fully saturated rings. The molecule has 2 nitrogen and oxygen atoms in total. The van der Waals surface area contributed by atoms with E-state index in [0.717, 1.165) is 5.56 Å². The molecule has 1 unspecified atom stereocenters. The van der Waals surface area contributed by atoms with Gasteiger partial charge in [0.05, 0.1) is 22.6 Å². The van der Waals surface area contributed by atoms with E-state index in [-0.39, 0.29) is 5.82 Å². The van der Waals surface area contributed by atoms with E-state index in [1.54, 1.807) is 25.1 Å². The van der Waals surface area contributed by atoms with Crippen molar-refractivity contribution in [2.24, 2.45) is 0 Å². The largest absolute Gasteiger partial charge is 0.472 e. The van der Waals surface area contributed by atoms with Crippen LogP contribution >= 0.6 is 15.9 Å². The van der Waals surface area contributed by atoms with Gasteiger partial charge in [0.2, 0.25) is 0 Å². The van der Waals surface area contributed by atoms with Crippen LogP contribution in [-0.4, -0.2) is 5.11 Å². The van der Waals surface area contributed by atoms with Crippen LogP contribution in [0.1, 0.15) is 18.1 Å². The highest BCUT2D eigenvalue weighted by molar-refractivity contribution is 9.10. The number of hydrogen-bond acceptors (Lipinski definition) is 2. The molecule has 1 N–H and O–H groups in total. The molecule has 90 valence electrons. The number of rotatable bonds is 3. The standard InChI is InChI=1S/C13H12BrFO2/c1-13(16,10-4-5-17-8-10)7-9-2-3-12(15)11(14)6-9/h2-6,8,16H,7H2,1H3. The lowest BCUT2D eigenvalue weighted by Gasteiger charge is -2.22. The minimum Gasteiger partial charge on any atom is -0.472 e. The molecule has 1 aromatic heterocycles. The number of furan rings is 1. The van der Waals surface area contributed by atoms with Gasteiger partial charge in [-0.3, -0.25) is 0 Å². The van der Waals surface area contributed by atoms with Gasteiger partial charge in [-0.25, -0.2) is 4.39 Å². The molecule has 4 heteroatoms. The molecular weight excluding hydrogens is 287 g/mol. The Morgan fingerprint density at radius 3 is 2.76 bits per heavy atom. The summed E-state index contributed by atoms with van der Waals surface area (Å²) in [5.41, 5.74) is 0.534. The van der Waals surface area contributed by atoms with E-state index in [2.05, 4.69) is 15.9 Å². The second-order valence-electron chi connectivity index (χ2n) is 4.21. The van der Waals surface area contributed by atoms with Crippen molar-refractivity contribution in [3.8, 4) is 0 Å². The van der Waals surface area contributed by atoms with Gasteiger partial charge in [-0.1, -0.05) is 6.07 Å². The lowest BCUT2D eigenvalue weighted by Crippen LogP contribution is -2.23. The minimum absolute atomic E-state index is 0.309. The SMILES string of the molecule is CC(O)(Cc1ccc(F)c(Br)c1)c1ccoc1. The van der Waals surface area contributed by atoms with Gasteiger partial charge in [0.1, 0.15) is 5.82 Å². The Labute approximate surface area is 107 Å². The molecule has 1 atom stereocenters. The number of hydrogen-bond donors (Lipinski definition) is 1. The Kier molecular flexibility index (Phi) is 3.35. The smallest absolute Gasteiger partial charge is 0.137 e. The average molecular weight is 299 g/mol. The molecule has 2 aromatic rings. The molecule has 0 spiro atoms. The molecule has 0 bridgehead atoms. The van der Waals surface area contributed by atoms with Gasteiger partial charge < -0.3 is 9.52 Å². The molecule has 2 rings (SSSR count). The molecule has 17 heavy (non-hydrogen) atoms. The molecule has 1 aromatic carbocycles. The van der Waals surface area contributed by atoms with E-state index in [9.17, 15) is 9.50 Å². The summed E-state index contributed by atoms with van der Waals surface area (Å²) in [6, 6.07) is 6.43.